The fraction of sp³-hybridized carbons (Fsp3) is 0.211. The summed E-state index contributed by atoms with van der Waals surface area (Å²) in [5, 5.41) is 0.536. The number of methoxy groups -OCH3 is 1. The van der Waals surface area contributed by atoms with Gasteiger partial charge in [0.2, 0.25) is 0 Å². The molecule has 28 heavy (non-hydrogen) atoms. The van der Waals surface area contributed by atoms with E-state index in [1.807, 2.05) is 0 Å². The zero-order valence-corrected chi connectivity index (χ0v) is 15.5. The molecule has 8 nitrogen and oxygen atoms in total. The maximum atomic E-state index is 14.2. The zero-order chi connectivity index (χ0) is 20.3. The molecule has 0 atom stereocenters. The van der Waals surface area contributed by atoms with Crippen LogP contribution in [0.25, 0.3) is 22.2 Å². The predicted octanol–water partition coefficient (Wildman–Crippen LogP) is 2.86. The summed E-state index contributed by atoms with van der Waals surface area (Å²) < 4.78 is 20.5. The summed E-state index contributed by atoms with van der Waals surface area (Å²) in [6.45, 7) is -0.0763. The first-order valence-corrected chi connectivity index (χ1v) is 8.27. The van der Waals surface area contributed by atoms with Crippen LogP contribution in [0.2, 0.25) is 0 Å². The molecule has 146 valence electrons. The van der Waals surface area contributed by atoms with Crippen molar-refractivity contribution < 1.29 is 28.5 Å². The van der Waals surface area contributed by atoms with Crippen LogP contribution in [-0.2, 0) is 14.6 Å². The van der Waals surface area contributed by atoms with Crippen molar-refractivity contribution in [1.82, 2.24) is 14.5 Å². The van der Waals surface area contributed by atoms with Crippen molar-refractivity contribution in [2.45, 2.75) is 0 Å². The fourth-order valence-corrected chi connectivity index (χ4v) is 2.76. The van der Waals surface area contributed by atoms with Gasteiger partial charge in [0.1, 0.15) is 12.1 Å². The van der Waals surface area contributed by atoms with Crippen LogP contribution >= 0.6 is 0 Å². The van der Waals surface area contributed by atoms with Gasteiger partial charge < -0.3 is 4.74 Å². The molecule has 0 fully saturated rings. The molecule has 0 N–H and O–H groups in total. The Labute approximate surface area is 160 Å². The lowest BCUT2D eigenvalue weighted by molar-refractivity contribution is -0.232. The van der Waals surface area contributed by atoms with Gasteiger partial charge >= 0.3 is 12.1 Å². The summed E-state index contributed by atoms with van der Waals surface area (Å²) in [5.41, 5.74) is 1.10. The van der Waals surface area contributed by atoms with Gasteiger partial charge in [0.15, 0.2) is 11.6 Å². The first kappa shape index (κ1) is 19.3. The third kappa shape index (κ3) is 3.79. The molecule has 3 rings (SSSR count). The van der Waals surface area contributed by atoms with E-state index in [1.54, 1.807) is 49.6 Å². The number of fused-ring (bicyclic) bond motifs is 1. The lowest BCUT2D eigenvalue weighted by Crippen LogP contribution is -2.26. The average Bonchev–Trinajstić information content (AvgIpc) is 3.06. The first-order chi connectivity index (χ1) is 13.4. The van der Waals surface area contributed by atoms with Crippen LogP contribution in [0.4, 0.5) is 9.18 Å². The molecule has 1 aromatic carbocycles. The molecule has 2 heterocycles. The van der Waals surface area contributed by atoms with Crippen molar-refractivity contribution in [3.8, 4) is 17.0 Å². The molecule has 3 aromatic rings. The summed E-state index contributed by atoms with van der Waals surface area (Å²) in [4.78, 5) is 39.3. The largest absolute Gasteiger partial charge is 0.492 e. The quantitative estimate of drug-likeness (QED) is 0.503. The second-order valence-corrected chi connectivity index (χ2v) is 6.17. The van der Waals surface area contributed by atoms with E-state index in [-0.39, 0.29) is 17.8 Å². The number of benzene rings is 1. The molecule has 0 aliphatic carbocycles. The van der Waals surface area contributed by atoms with Gasteiger partial charge in [-0.2, -0.15) is 0 Å². The second-order valence-electron chi connectivity index (χ2n) is 6.17. The Kier molecular flexibility index (Phi) is 5.55. The van der Waals surface area contributed by atoms with Crippen molar-refractivity contribution in [2.24, 2.45) is 0 Å². The van der Waals surface area contributed by atoms with Gasteiger partial charge in [-0.05, 0) is 44.4 Å². The van der Waals surface area contributed by atoms with Crippen LogP contribution in [0.15, 0.2) is 42.7 Å². The molecule has 0 unspecified atom stereocenters. The van der Waals surface area contributed by atoms with Crippen molar-refractivity contribution in [1.29, 1.82) is 0 Å². The molecule has 0 radical (unpaired) electrons. The van der Waals surface area contributed by atoms with Crippen LogP contribution < -0.4 is 4.74 Å². The van der Waals surface area contributed by atoms with E-state index in [2.05, 4.69) is 9.87 Å². The van der Waals surface area contributed by atoms with Gasteiger partial charge in [-0.1, -0.05) is 0 Å². The van der Waals surface area contributed by atoms with E-state index in [4.69, 9.17) is 9.62 Å². The Hall–Kier alpha value is -3.46. The van der Waals surface area contributed by atoms with Crippen LogP contribution in [0.5, 0.6) is 5.75 Å². The van der Waals surface area contributed by atoms with E-state index in [9.17, 15) is 14.0 Å². The monoisotopic (exact) mass is 387 g/mol. The molecule has 0 saturated heterocycles. The molecule has 0 amide bonds. The normalized spacial score (nSPS) is 10.9. The summed E-state index contributed by atoms with van der Waals surface area (Å²) in [6, 6.07) is 7.83. The lowest BCUT2D eigenvalue weighted by atomic mass is 10.2. The SMILES string of the molecule is COc1c(F)ccc2cc(-c3cccnc3)n(C(=O)OOC(=O)CN(C)C)c12. The second kappa shape index (κ2) is 8.05. The number of halogens is 1. The van der Waals surface area contributed by atoms with Crippen LogP contribution in [0, 0.1) is 5.82 Å². The molecular weight excluding hydrogens is 369 g/mol. The molecule has 0 spiro atoms. The smallest absolute Gasteiger partial charge is 0.462 e. The van der Waals surface area contributed by atoms with Crippen LogP contribution in [0.1, 0.15) is 0 Å². The number of hydrogen-bond donors (Lipinski definition) is 0. The molecule has 0 aliphatic rings. The molecule has 0 saturated carbocycles. The summed E-state index contributed by atoms with van der Waals surface area (Å²) >= 11 is 0. The van der Waals surface area contributed by atoms with Crippen LogP contribution in [-0.4, -0.2) is 54.3 Å². The maximum Gasteiger partial charge on any atom is 0.462 e. The number of carbonyl (C=O) groups is 2. The van der Waals surface area contributed by atoms with E-state index in [0.29, 0.717) is 16.6 Å². The zero-order valence-electron chi connectivity index (χ0n) is 15.5. The Morgan fingerprint density at radius 1 is 1.21 bits per heavy atom. The topological polar surface area (TPSA) is 82.9 Å². The number of likely N-dealkylation sites (N-methyl/N-ethyl adjacent to an activating group) is 1. The Balaban J connectivity index is 2.08. The van der Waals surface area contributed by atoms with Gasteiger partial charge in [0, 0.05) is 23.3 Å². The van der Waals surface area contributed by atoms with E-state index < -0.39 is 17.9 Å². The summed E-state index contributed by atoms with van der Waals surface area (Å²) in [5.74, 6) is -1.54. The highest BCUT2D eigenvalue weighted by atomic mass is 19.1. The van der Waals surface area contributed by atoms with Gasteiger partial charge in [-0.15, -0.1) is 0 Å². The van der Waals surface area contributed by atoms with Crippen molar-refractivity contribution in [2.75, 3.05) is 27.7 Å². The standard InChI is InChI=1S/C19H18FN3O5/c1-22(2)11-16(24)27-28-19(25)23-15(13-5-4-8-21-10-13)9-12-6-7-14(20)18(26-3)17(12)23/h4-10H,11H2,1-3H3. The third-order valence-electron chi connectivity index (χ3n) is 3.87. The number of hydrogen-bond acceptors (Lipinski definition) is 7. The fourth-order valence-electron chi connectivity index (χ4n) is 2.76. The third-order valence-corrected chi connectivity index (χ3v) is 3.87. The van der Waals surface area contributed by atoms with E-state index >= 15 is 0 Å². The van der Waals surface area contributed by atoms with Gasteiger partial charge in [-0.3, -0.25) is 9.88 Å². The van der Waals surface area contributed by atoms with Gasteiger partial charge in [0.25, 0.3) is 0 Å². The number of carbonyl (C=O) groups excluding carboxylic acids is 2. The molecule has 9 heteroatoms. The number of ether oxygens (including phenoxy) is 1. The molecular formula is C19H18FN3O5. The Bertz CT molecular complexity index is 1020. The number of nitrogens with zero attached hydrogens (tertiary/aromatic N) is 3. The summed E-state index contributed by atoms with van der Waals surface area (Å²) in [6.07, 6.45) is 2.10. The Morgan fingerprint density at radius 2 is 2.00 bits per heavy atom. The molecule has 0 aliphatic heterocycles. The van der Waals surface area contributed by atoms with E-state index in [1.165, 1.54) is 19.2 Å². The minimum absolute atomic E-state index is 0.0763. The highest BCUT2D eigenvalue weighted by molar-refractivity contribution is 5.99. The van der Waals surface area contributed by atoms with Crippen LogP contribution in [0.3, 0.4) is 0 Å². The van der Waals surface area contributed by atoms with E-state index in [0.717, 1.165) is 4.57 Å². The molecule has 0 bridgehead atoms. The minimum Gasteiger partial charge on any atom is -0.492 e. The number of aromatic nitrogens is 2. The highest BCUT2D eigenvalue weighted by Crippen LogP contribution is 2.35. The van der Waals surface area contributed by atoms with Crippen molar-refractivity contribution in [3.63, 3.8) is 0 Å². The van der Waals surface area contributed by atoms with Gasteiger partial charge in [0.05, 0.1) is 12.8 Å². The number of rotatable bonds is 4. The maximum absolute atomic E-state index is 14.2. The average molecular weight is 387 g/mol. The minimum atomic E-state index is -1.02. The van der Waals surface area contributed by atoms with Crippen molar-refractivity contribution in [3.05, 3.63) is 48.5 Å². The number of pyridine rings is 1. The van der Waals surface area contributed by atoms with Gasteiger partial charge in [-0.25, -0.2) is 28.3 Å². The highest BCUT2D eigenvalue weighted by Gasteiger charge is 2.24. The summed E-state index contributed by atoms with van der Waals surface area (Å²) in [7, 11) is 4.62. The lowest BCUT2D eigenvalue weighted by Gasteiger charge is -2.12. The predicted molar refractivity (Wildman–Crippen MR) is 98.2 cm³/mol. The molecule has 2 aromatic heterocycles. The first-order valence-electron chi connectivity index (χ1n) is 8.27. The Morgan fingerprint density at radius 3 is 2.64 bits per heavy atom. The van der Waals surface area contributed by atoms with Crippen molar-refractivity contribution >= 4 is 23.0 Å².